The summed E-state index contributed by atoms with van der Waals surface area (Å²) in [5.74, 6) is -1.51. The third-order valence-corrected chi connectivity index (χ3v) is 3.76. The average Bonchev–Trinajstić information content (AvgIpc) is 2.49. The molecule has 2 aromatic carbocycles. The first kappa shape index (κ1) is 16.9. The molecule has 0 saturated heterocycles. The highest BCUT2D eigenvalue weighted by Crippen LogP contribution is 2.24. The van der Waals surface area contributed by atoms with Crippen LogP contribution in [0.3, 0.4) is 0 Å². The van der Waals surface area contributed by atoms with Crippen molar-refractivity contribution < 1.29 is 14.1 Å². The molecule has 0 aromatic heterocycles. The summed E-state index contributed by atoms with van der Waals surface area (Å²) in [7, 11) is 0. The molecule has 0 aliphatic rings. The number of nitro groups is 1. The number of nitrogens with zero attached hydrogens (tertiary/aromatic N) is 1. The van der Waals surface area contributed by atoms with Crippen LogP contribution in [0.5, 0.6) is 0 Å². The summed E-state index contributed by atoms with van der Waals surface area (Å²) >= 11 is 6.06. The quantitative estimate of drug-likeness (QED) is 0.672. The SMILES string of the molecule is Cc1cc([N+](=O)[O-])cc(C(=O)NC(C)c2ccccc2Cl)c1F. The van der Waals surface area contributed by atoms with Gasteiger partial charge in [-0.3, -0.25) is 14.9 Å². The van der Waals surface area contributed by atoms with Gasteiger partial charge in [-0.05, 0) is 31.0 Å². The maximum Gasteiger partial charge on any atom is 0.270 e. The van der Waals surface area contributed by atoms with Gasteiger partial charge in [0, 0.05) is 17.2 Å². The zero-order chi connectivity index (χ0) is 17.1. The Kier molecular flexibility index (Phi) is 4.95. The second-order valence-corrected chi connectivity index (χ2v) is 5.51. The lowest BCUT2D eigenvalue weighted by atomic mass is 10.1. The zero-order valence-electron chi connectivity index (χ0n) is 12.5. The predicted octanol–water partition coefficient (Wildman–Crippen LogP) is 4.19. The molecule has 0 saturated carbocycles. The molecule has 0 aliphatic heterocycles. The number of aryl methyl sites for hydroxylation is 1. The van der Waals surface area contributed by atoms with Crippen molar-refractivity contribution in [2.75, 3.05) is 0 Å². The lowest BCUT2D eigenvalue weighted by molar-refractivity contribution is -0.385. The number of rotatable bonds is 4. The molecule has 2 aromatic rings. The van der Waals surface area contributed by atoms with Crippen molar-refractivity contribution in [3.8, 4) is 0 Å². The Hall–Kier alpha value is -2.47. The van der Waals surface area contributed by atoms with Crippen LogP contribution in [-0.4, -0.2) is 10.8 Å². The summed E-state index contributed by atoms with van der Waals surface area (Å²) in [4.78, 5) is 22.5. The maximum absolute atomic E-state index is 14.1. The van der Waals surface area contributed by atoms with E-state index in [9.17, 15) is 19.3 Å². The van der Waals surface area contributed by atoms with Gasteiger partial charge >= 0.3 is 0 Å². The molecule has 2 rings (SSSR count). The molecule has 1 unspecified atom stereocenters. The van der Waals surface area contributed by atoms with Gasteiger partial charge in [-0.1, -0.05) is 29.8 Å². The van der Waals surface area contributed by atoms with Crippen molar-refractivity contribution >= 4 is 23.2 Å². The van der Waals surface area contributed by atoms with Crippen LogP contribution in [0.25, 0.3) is 0 Å². The van der Waals surface area contributed by atoms with E-state index in [0.29, 0.717) is 10.6 Å². The molecular weight excluding hydrogens is 323 g/mol. The summed E-state index contributed by atoms with van der Waals surface area (Å²) in [6, 6.07) is 8.47. The number of hydrogen-bond donors (Lipinski definition) is 1. The van der Waals surface area contributed by atoms with Gasteiger partial charge in [0.05, 0.1) is 16.5 Å². The normalized spacial score (nSPS) is 11.8. The number of hydrogen-bond acceptors (Lipinski definition) is 3. The van der Waals surface area contributed by atoms with Gasteiger partial charge in [-0.2, -0.15) is 0 Å². The van der Waals surface area contributed by atoms with Crippen LogP contribution in [0.15, 0.2) is 36.4 Å². The van der Waals surface area contributed by atoms with Gasteiger partial charge < -0.3 is 5.32 Å². The highest BCUT2D eigenvalue weighted by atomic mass is 35.5. The second-order valence-electron chi connectivity index (χ2n) is 5.10. The number of carbonyl (C=O) groups is 1. The first-order valence-electron chi connectivity index (χ1n) is 6.81. The molecular formula is C16H14ClFN2O3. The fraction of sp³-hybridized carbons (Fsp3) is 0.188. The molecule has 1 N–H and O–H groups in total. The van der Waals surface area contributed by atoms with E-state index in [2.05, 4.69) is 5.32 Å². The van der Waals surface area contributed by atoms with Crippen molar-refractivity contribution in [3.63, 3.8) is 0 Å². The summed E-state index contributed by atoms with van der Waals surface area (Å²) in [6.07, 6.45) is 0. The largest absolute Gasteiger partial charge is 0.345 e. The van der Waals surface area contributed by atoms with Crippen molar-refractivity contribution in [2.24, 2.45) is 0 Å². The fourth-order valence-corrected chi connectivity index (χ4v) is 2.50. The first-order valence-corrected chi connectivity index (χ1v) is 7.19. The molecule has 120 valence electrons. The van der Waals surface area contributed by atoms with E-state index in [1.807, 2.05) is 0 Å². The van der Waals surface area contributed by atoms with Gasteiger partial charge in [0.2, 0.25) is 0 Å². The Balaban J connectivity index is 2.31. The Bertz CT molecular complexity index is 780. The molecule has 0 heterocycles. The van der Waals surface area contributed by atoms with E-state index in [1.54, 1.807) is 31.2 Å². The molecule has 1 amide bonds. The van der Waals surface area contributed by atoms with Crippen LogP contribution >= 0.6 is 11.6 Å². The van der Waals surface area contributed by atoms with Gasteiger partial charge in [0.15, 0.2) is 0 Å². The summed E-state index contributed by atoms with van der Waals surface area (Å²) in [5, 5.41) is 13.9. The van der Waals surface area contributed by atoms with E-state index < -0.39 is 22.7 Å². The van der Waals surface area contributed by atoms with Crippen LogP contribution < -0.4 is 5.32 Å². The van der Waals surface area contributed by atoms with Crippen LogP contribution in [0, 0.1) is 22.9 Å². The Morgan fingerprint density at radius 1 is 1.35 bits per heavy atom. The van der Waals surface area contributed by atoms with Crippen LogP contribution in [0.2, 0.25) is 5.02 Å². The smallest absolute Gasteiger partial charge is 0.270 e. The number of carbonyl (C=O) groups excluding carboxylic acids is 1. The Morgan fingerprint density at radius 3 is 2.61 bits per heavy atom. The monoisotopic (exact) mass is 336 g/mol. The number of amides is 1. The first-order chi connectivity index (χ1) is 10.8. The molecule has 7 heteroatoms. The third-order valence-electron chi connectivity index (χ3n) is 3.41. The second kappa shape index (κ2) is 6.75. The topological polar surface area (TPSA) is 72.2 Å². The molecule has 0 spiro atoms. The standard InChI is InChI=1S/C16H14ClFN2O3/c1-9-7-11(20(22)23)8-13(15(9)18)16(21)19-10(2)12-5-3-4-6-14(12)17/h3-8,10H,1-2H3,(H,19,21). The van der Waals surface area contributed by atoms with E-state index in [1.165, 1.54) is 6.92 Å². The number of benzene rings is 2. The molecule has 0 aliphatic carbocycles. The number of nitrogens with one attached hydrogen (secondary N) is 1. The summed E-state index contributed by atoms with van der Waals surface area (Å²) < 4.78 is 14.1. The van der Waals surface area contributed by atoms with Crippen molar-refractivity contribution in [1.82, 2.24) is 5.32 Å². The molecule has 0 radical (unpaired) electrons. The van der Waals surface area contributed by atoms with Gasteiger partial charge in [-0.25, -0.2) is 4.39 Å². The molecule has 23 heavy (non-hydrogen) atoms. The third kappa shape index (κ3) is 3.65. The van der Waals surface area contributed by atoms with Crippen LogP contribution in [-0.2, 0) is 0 Å². The summed E-state index contributed by atoms with van der Waals surface area (Å²) in [5.41, 5.74) is 0.00914. The zero-order valence-corrected chi connectivity index (χ0v) is 13.2. The lowest BCUT2D eigenvalue weighted by Crippen LogP contribution is -2.28. The molecule has 5 nitrogen and oxygen atoms in total. The minimum Gasteiger partial charge on any atom is -0.345 e. The molecule has 0 fully saturated rings. The number of halogens is 2. The fourth-order valence-electron chi connectivity index (χ4n) is 2.20. The molecule has 1 atom stereocenters. The van der Waals surface area contributed by atoms with Crippen molar-refractivity contribution in [1.29, 1.82) is 0 Å². The van der Waals surface area contributed by atoms with E-state index >= 15 is 0 Å². The average molecular weight is 337 g/mol. The minimum atomic E-state index is -0.778. The molecule has 0 bridgehead atoms. The van der Waals surface area contributed by atoms with E-state index in [-0.39, 0.29) is 16.8 Å². The van der Waals surface area contributed by atoms with Crippen LogP contribution in [0.1, 0.15) is 34.5 Å². The minimum absolute atomic E-state index is 0.0368. The lowest BCUT2D eigenvalue weighted by Gasteiger charge is -2.16. The van der Waals surface area contributed by atoms with Crippen molar-refractivity contribution in [3.05, 3.63) is 74.0 Å². The van der Waals surface area contributed by atoms with E-state index in [0.717, 1.165) is 12.1 Å². The predicted molar refractivity (Wildman–Crippen MR) is 85.1 cm³/mol. The highest BCUT2D eigenvalue weighted by Gasteiger charge is 2.21. The Morgan fingerprint density at radius 2 is 2.00 bits per heavy atom. The Labute approximate surface area is 137 Å². The number of nitro benzene ring substituents is 1. The van der Waals surface area contributed by atoms with Gasteiger partial charge in [-0.15, -0.1) is 0 Å². The van der Waals surface area contributed by atoms with Gasteiger partial charge in [0.1, 0.15) is 5.82 Å². The van der Waals surface area contributed by atoms with Crippen LogP contribution in [0.4, 0.5) is 10.1 Å². The van der Waals surface area contributed by atoms with E-state index in [4.69, 9.17) is 11.6 Å². The maximum atomic E-state index is 14.1. The summed E-state index contributed by atoms with van der Waals surface area (Å²) in [6.45, 7) is 3.07. The van der Waals surface area contributed by atoms with Gasteiger partial charge in [0.25, 0.3) is 11.6 Å². The van der Waals surface area contributed by atoms with Crippen molar-refractivity contribution in [2.45, 2.75) is 19.9 Å². The number of non-ortho nitro benzene ring substituents is 1. The highest BCUT2D eigenvalue weighted by molar-refractivity contribution is 6.31.